The summed E-state index contributed by atoms with van der Waals surface area (Å²) < 4.78 is 40.2. The van der Waals surface area contributed by atoms with Crippen molar-refractivity contribution >= 4 is 31.6 Å². The van der Waals surface area contributed by atoms with E-state index in [1.807, 2.05) is 42.5 Å². The number of nitrogens with one attached hydrogen (secondary N) is 1. The molecule has 4 rings (SSSR count). The van der Waals surface area contributed by atoms with Crippen LogP contribution in [-0.2, 0) is 16.6 Å². The van der Waals surface area contributed by atoms with Gasteiger partial charge in [0.1, 0.15) is 11.1 Å². The minimum absolute atomic E-state index is 0.223. The molecule has 0 amide bonds. The summed E-state index contributed by atoms with van der Waals surface area (Å²) in [4.78, 5) is 0.261. The van der Waals surface area contributed by atoms with Crippen molar-refractivity contribution in [2.24, 2.45) is 0 Å². The second-order valence-electron chi connectivity index (χ2n) is 6.82. The van der Waals surface area contributed by atoms with Crippen molar-refractivity contribution in [1.29, 1.82) is 0 Å². The van der Waals surface area contributed by atoms with E-state index in [1.54, 1.807) is 38.5 Å². The number of para-hydroxylation sites is 1. The number of hydrogen-bond acceptors (Lipinski definition) is 5. The van der Waals surface area contributed by atoms with Crippen molar-refractivity contribution in [3.8, 4) is 11.5 Å². The van der Waals surface area contributed by atoms with Gasteiger partial charge in [0, 0.05) is 6.54 Å². The molecular formula is C22H21BrN2O4S. The molecule has 3 aromatic carbocycles. The molecule has 0 spiro atoms. The van der Waals surface area contributed by atoms with Gasteiger partial charge in [-0.1, -0.05) is 42.5 Å². The summed E-state index contributed by atoms with van der Waals surface area (Å²) in [5.41, 5.74) is 2.19. The molecule has 0 aromatic heterocycles. The number of methoxy groups -OCH3 is 2. The van der Waals surface area contributed by atoms with Gasteiger partial charge in [0.15, 0.2) is 11.5 Å². The van der Waals surface area contributed by atoms with Gasteiger partial charge in [-0.15, -0.1) is 0 Å². The molecule has 1 heterocycles. The predicted octanol–water partition coefficient (Wildman–Crippen LogP) is 4.78. The monoisotopic (exact) mass is 488 g/mol. The van der Waals surface area contributed by atoms with E-state index in [0.717, 1.165) is 11.1 Å². The topological polar surface area (TPSA) is 67.9 Å². The van der Waals surface area contributed by atoms with E-state index in [9.17, 15) is 8.42 Å². The number of hydrogen-bond donors (Lipinski definition) is 1. The number of halogens is 1. The van der Waals surface area contributed by atoms with Crippen LogP contribution in [0.15, 0.2) is 76.1 Å². The predicted molar refractivity (Wildman–Crippen MR) is 119 cm³/mol. The Morgan fingerprint density at radius 3 is 2.40 bits per heavy atom. The normalized spacial score (nSPS) is 17.6. The van der Waals surface area contributed by atoms with Gasteiger partial charge in [0.2, 0.25) is 10.0 Å². The first-order chi connectivity index (χ1) is 14.5. The van der Waals surface area contributed by atoms with E-state index >= 15 is 0 Å². The lowest BCUT2D eigenvalue weighted by Gasteiger charge is -2.37. The Balaban J connectivity index is 1.87. The van der Waals surface area contributed by atoms with Crippen LogP contribution in [0.1, 0.15) is 17.3 Å². The molecule has 0 radical (unpaired) electrons. The first-order valence-electron chi connectivity index (χ1n) is 9.28. The molecule has 6 nitrogen and oxygen atoms in total. The zero-order valence-corrected chi connectivity index (χ0v) is 18.9. The highest BCUT2D eigenvalue weighted by atomic mass is 79.9. The van der Waals surface area contributed by atoms with Crippen LogP contribution in [0.2, 0.25) is 0 Å². The summed E-state index contributed by atoms with van der Waals surface area (Å²) in [6, 6.07) is 20.1. The fourth-order valence-electron chi connectivity index (χ4n) is 3.58. The molecule has 156 valence electrons. The average Bonchev–Trinajstić information content (AvgIpc) is 2.75. The standard InChI is InChI=1S/C22H21BrN2O4S/c1-28-19-13-16(12-17(23)21(19)29-2)22-24-18-10-6-7-11-20(18)30(26,27)25(22)14-15-8-4-3-5-9-15/h3-13,22,24H,14H2,1-2H3/t22-/m0/s1. The van der Waals surface area contributed by atoms with Crippen molar-refractivity contribution in [2.75, 3.05) is 19.5 Å². The lowest BCUT2D eigenvalue weighted by Crippen LogP contribution is -2.42. The fraction of sp³-hybridized carbons (Fsp3) is 0.182. The lowest BCUT2D eigenvalue weighted by molar-refractivity contribution is 0.330. The number of ether oxygens (including phenoxy) is 2. The summed E-state index contributed by atoms with van der Waals surface area (Å²) in [5, 5.41) is 3.38. The van der Waals surface area contributed by atoms with Crippen molar-refractivity contribution in [2.45, 2.75) is 17.6 Å². The fourth-order valence-corrected chi connectivity index (χ4v) is 5.88. The van der Waals surface area contributed by atoms with Gasteiger partial charge < -0.3 is 14.8 Å². The smallest absolute Gasteiger partial charge is 0.247 e. The minimum Gasteiger partial charge on any atom is -0.493 e. The van der Waals surface area contributed by atoms with Crippen LogP contribution < -0.4 is 14.8 Å². The summed E-state index contributed by atoms with van der Waals surface area (Å²) in [5.74, 6) is 1.06. The van der Waals surface area contributed by atoms with E-state index in [-0.39, 0.29) is 11.4 Å². The number of fused-ring (bicyclic) bond motifs is 1. The molecule has 1 N–H and O–H groups in total. The Morgan fingerprint density at radius 2 is 1.70 bits per heavy atom. The Labute approximate surface area is 184 Å². The van der Waals surface area contributed by atoms with Crippen LogP contribution in [0.3, 0.4) is 0 Å². The van der Waals surface area contributed by atoms with E-state index < -0.39 is 16.2 Å². The van der Waals surface area contributed by atoms with Crippen LogP contribution in [0, 0.1) is 0 Å². The Hall–Kier alpha value is -2.55. The number of nitrogens with zero attached hydrogens (tertiary/aromatic N) is 1. The third-order valence-corrected chi connectivity index (χ3v) is 7.46. The van der Waals surface area contributed by atoms with Crippen molar-refractivity contribution in [1.82, 2.24) is 4.31 Å². The van der Waals surface area contributed by atoms with Crippen LogP contribution in [0.25, 0.3) is 0 Å². The largest absolute Gasteiger partial charge is 0.493 e. The van der Waals surface area contributed by atoms with Crippen LogP contribution >= 0.6 is 15.9 Å². The highest BCUT2D eigenvalue weighted by Crippen LogP contribution is 2.43. The molecule has 0 bridgehead atoms. The van der Waals surface area contributed by atoms with Crippen molar-refractivity contribution in [3.05, 3.63) is 82.3 Å². The van der Waals surface area contributed by atoms with Crippen LogP contribution in [0.4, 0.5) is 5.69 Å². The molecule has 1 atom stereocenters. The Bertz CT molecular complexity index is 1170. The maximum absolute atomic E-state index is 13.6. The van der Waals surface area contributed by atoms with Gasteiger partial charge >= 0.3 is 0 Å². The number of anilines is 1. The number of sulfonamides is 1. The van der Waals surface area contributed by atoms with Gasteiger partial charge in [-0.25, -0.2) is 8.42 Å². The van der Waals surface area contributed by atoms with Crippen LogP contribution in [-0.4, -0.2) is 26.9 Å². The SMILES string of the molecule is COc1cc([C@H]2Nc3ccccc3S(=O)(=O)N2Cc2ccccc2)cc(Br)c1OC. The third-order valence-electron chi connectivity index (χ3n) is 5.01. The zero-order chi connectivity index (χ0) is 21.3. The van der Waals surface area contributed by atoms with Gasteiger partial charge in [-0.2, -0.15) is 4.31 Å². The Kier molecular flexibility index (Phi) is 5.73. The molecule has 0 aliphatic carbocycles. The van der Waals surface area contributed by atoms with Gasteiger partial charge in [0.25, 0.3) is 0 Å². The lowest BCUT2D eigenvalue weighted by atomic mass is 10.1. The number of benzene rings is 3. The van der Waals surface area contributed by atoms with E-state index in [2.05, 4.69) is 21.2 Å². The van der Waals surface area contributed by atoms with Gasteiger partial charge in [-0.3, -0.25) is 0 Å². The van der Waals surface area contributed by atoms with Crippen molar-refractivity contribution < 1.29 is 17.9 Å². The van der Waals surface area contributed by atoms with E-state index in [0.29, 0.717) is 21.7 Å². The zero-order valence-electron chi connectivity index (χ0n) is 16.5. The number of rotatable bonds is 5. The molecule has 0 unspecified atom stereocenters. The highest BCUT2D eigenvalue weighted by molar-refractivity contribution is 9.10. The molecule has 0 fully saturated rings. The second kappa shape index (κ2) is 8.29. The summed E-state index contributed by atoms with van der Waals surface area (Å²) >= 11 is 3.51. The first-order valence-corrected chi connectivity index (χ1v) is 11.5. The molecule has 0 saturated heterocycles. The quantitative estimate of drug-likeness (QED) is 0.559. The minimum atomic E-state index is -3.74. The average molecular weight is 489 g/mol. The maximum Gasteiger partial charge on any atom is 0.247 e. The summed E-state index contributed by atoms with van der Waals surface area (Å²) in [6.45, 7) is 0.223. The molecule has 1 aliphatic rings. The third kappa shape index (κ3) is 3.66. The molecule has 3 aromatic rings. The summed E-state index contributed by atoms with van der Waals surface area (Å²) in [7, 11) is -0.632. The maximum atomic E-state index is 13.6. The first kappa shape index (κ1) is 20.7. The van der Waals surface area contributed by atoms with Crippen molar-refractivity contribution in [3.63, 3.8) is 0 Å². The second-order valence-corrected chi connectivity index (χ2v) is 9.53. The molecular weight excluding hydrogens is 468 g/mol. The molecule has 30 heavy (non-hydrogen) atoms. The van der Waals surface area contributed by atoms with E-state index in [4.69, 9.17) is 9.47 Å². The Morgan fingerprint density at radius 1 is 1.00 bits per heavy atom. The van der Waals surface area contributed by atoms with Gasteiger partial charge in [-0.05, 0) is 51.3 Å². The van der Waals surface area contributed by atoms with Crippen LogP contribution in [0.5, 0.6) is 11.5 Å². The molecule has 0 saturated carbocycles. The van der Waals surface area contributed by atoms with Gasteiger partial charge in [0.05, 0.1) is 24.4 Å². The molecule has 8 heteroatoms. The summed E-state index contributed by atoms with van der Waals surface area (Å²) in [6.07, 6.45) is -0.624. The molecule has 1 aliphatic heterocycles. The van der Waals surface area contributed by atoms with E-state index in [1.165, 1.54) is 4.31 Å². The highest BCUT2D eigenvalue weighted by Gasteiger charge is 2.39.